The molecule has 4 rings (SSSR count). The van der Waals surface area contributed by atoms with Gasteiger partial charge in [0.1, 0.15) is 0 Å². The van der Waals surface area contributed by atoms with Crippen LogP contribution in [0.15, 0.2) is 62.7 Å². The number of rotatable bonds is 8. The number of hydrogen-bond acceptors (Lipinski definition) is 8. The van der Waals surface area contributed by atoms with Crippen LogP contribution in [0.25, 0.3) is 11.5 Å². The lowest BCUT2D eigenvalue weighted by Gasteiger charge is -2.04. The molecule has 0 spiro atoms. The van der Waals surface area contributed by atoms with Crippen LogP contribution in [0.2, 0.25) is 0 Å². The summed E-state index contributed by atoms with van der Waals surface area (Å²) in [7, 11) is 0. The first-order valence-electron chi connectivity index (χ1n) is 9.77. The number of benzene rings is 2. The highest BCUT2D eigenvalue weighted by Crippen LogP contribution is 2.26. The van der Waals surface area contributed by atoms with Crippen molar-refractivity contribution >= 4 is 23.4 Å². The van der Waals surface area contributed by atoms with Gasteiger partial charge in [0, 0.05) is 24.1 Å². The highest BCUT2D eigenvalue weighted by atomic mass is 32.2. The summed E-state index contributed by atoms with van der Waals surface area (Å²) in [5, 5.41) is 15.4. The second-order valence-electron chi connectivity index (χ2n) is 7.00. The number of amides is 1. The van der Waals surface area contributed by atoms with E-state index >= 15 is 0 Å². The molecule has 0 saturated carbocycles. The van der Waals surface area contributed by atoms with Gasteiger partial charge in [-0.25, -0.2) is 0 Å². The van der Waals surface area contributed by atoms with E-state index < -0.39 is 0 Å². The number of aromatic nitrogens is 4. The van der Waals surface area contributed by atoms with Gasteiger partial charge in [0.2, 0.25) is 17.7 Å². The highest BCUT2D eigenvalue weighted by Gasteiger charge is 2.14. The van der Waals surface area contributed by atoms with Crippen LogP contribution in [0.3, 0.4) is 0 Å². The van der Waals surface area contributed by atoms with Crippen molar-refractivity contribution in [3.05, 3.63) is 71.4 Å². The van der Waals surface area contributed by atoms with Crippen LogP contribution >= 0.6 is 11.8 Å². The molecular formula is C22H21N5O3S. The van der Waals surface area contributed by atoms with Crippen LogP contribution < -0.4 is 5.32 Å². The van der Waals surface area contributed by atoms with Crippen molar-refractivity contribution in [3.8, 4) is 11.5 Å². The molecule has 0 fully saturated rings. The number of anilines is 1. The summed E-state index contributed by atoms with van der Waals surface area (Å²) in [6.45, 7) is 3.99. The van der Waals surface area contributed by atoms with Gasteiger partial charge in [-0.3, -0.25) is 4.79 Å². The Balaban J connectivity index is 1.26. The summed E-state index contributed by atoms with van der Waals surface area (Å²) in [6, 6.07) is 15.5. The Morgan fingerprint density at radius 3 is 2.68 bits per heavy atom. The second kappa shape index (κ2) is 9.57. The van der Waals surface area contributed by atoms with Gasteiger partial charge in [-0.2, -0.15) is 4.98 Å². The quantitative estimate of drug-likeness (QED) is 0.400. The van der Waals surface area contributed by atoms with Crippen LogP contribution in [-0.4, -0.2) is 26.2 Å². The van der Waals surface area contributed by atoms with Gasteiger partial charge < -0.3 is 14.3 Å². The van der Waals surface area contributed by atoms with Gasteiger partial charge in [-0.05, 0) is 37.6 Å². The molecule has 8 nitrogen and oxygen atoms in total. The molecule has 4 aromatic rings. The van der Waals surface area contributed by atoms with Gasteiger partial charge in [-0.15, -0.1) is 10.2 Å². The first-order chi connectivity index (χ1) is 15.1. The molecule has 1 N–H and O–H groups in total. The molecular weight excluding hydrogens is 414 g/mol. The fraction of sp³-hybridized carbons (Fsp3) is 0.227. The Morgan fingerprint density at radius 1 is 1.06 bits per heavy atom. The predicted molar refractivity (Wildman–Crippen MR) is 116 cm³/mol. The van der Waals surface area contributed by atoms with E-state index in [1.807, 2.05) is 62.4 Å². The number of aryl methyl sites for hydroxylation is 3. The van der Waals surface area contributed by atoms with E-state index in [-0.39, 0.29) is 12.3 Å². The summed E-state index contributed by atoms with van der Waals surface area (Å²) in [5.41, 5.74) is 3.88. The van der Waals surface area contributed by atoms with E-state index in [9.17, 15) is 4.79 Å². The van der Waals surface area contributed by atoms with E-state index in [1.165, 1.54) is 11.8 Å². The fourth-order valence-corrected chi connectivity index (χ4v) is 3.45. The fourth-order valence-electron chi connectivity index (χ4n) is 2.85. The standard InChI is InChI=1S/C22H21N5O3S/c1-14-7-9-16(10-8-14)23-19(28)11-12-20-24-18(27-30-20)13-31-22-26-25-21(29-22)17-6-4-3-5-15(17)2/h3-10H,11-13H2,1-2H3,(H,23,28). The van der Waals surface area contributed by atoms with Gasteiger partial charge >= 0.3 is 0 Å². The molecule has 0 unspecified atom stereocenters. The maximum Gasteiger partial charge on any atom is 0.277 e. The number of carbonyl (C=O) groups excluding carboxylic acids is 1. The molecule has 0 aliphatic heterocycles. The van der Waals surface area contributed by atoms with Crippen LogP contribution in [0.5, 0.6) is 0 Å². The zero-order chi connectivity index (χ0) is 21.6. The monoisotopic (exact) mass is 435 g/mol. The van der Waals surface area contributed by atoms with E-state index in [4.69, 9.17) is 8.94 Å². The summed E-state index contributed by atoms with van der Waals surface area (Å²) in [6.07, 6.45) is 0.624. The van der Waals surface area contributed by atoms with Crippen LogP contribution in [0, 0.1) is 13.8 Å². The van der Waals surface area contributed by atoms with E-state index in [2.05, 4.69) is 25.7 Å². The lowest BCUT2D eigenvalue weighted by atomic mass is 10.1. The molecule has 158 valence electrons. The molecule has 0 saturated heterocycles. The van der Waals surface area contributed by atoms with Crippen molar-refractivity contribution in [2.75, 3.05) is 5.32 Å². The molecule has 9 heteroatoms. The third-order valence-electron chi connectivity index (χ3n) is 4.52. The van der Waals surface area contributed by atoms with Crippen molar-refractivity contribution < 1.29 is 13.7 Å². The lowest BCUT2D eigenvalue weighted by molar-refractivity contribution is -0.116. The molecule has 0 aliphatic carbocycles. The topological polar surface area (TPSA) is 107 Å². The van der Waals surface area contributed by atoms with Crippen molar-refractivity contribution in [3.63, 3.8) is 0 Å². The summed E-state index contributed by atoms with van der Waals surface area (Å²) < 4.78 is 11.0. The lowest BCUT2D eigenvalue weighted by Crippen LogP contribution is -2.12. The Bertz CT molecular complexity index is 1170. The van der Waals surface area contributed by atoms with Gasteiger partial charge in [0.05, 0.1) is 5.75 Å². The molecule has 0 bridgehead atoms. The minimum Gasteiger partial charge on any atom is -0.411 e. The summed E-state index contributed by atoms with van der Waals surface area (Å²) in [4.78, 5) is 16.4. The minimum absolute atomic E-state index is 0.104. The van der Waals surface area contributed by atoms with E-state index in [1.54, 1.807) is 0 Å². The average Bonchev–Trinajstić information content (AvgIpc) is 3.42. The predicted octanol–water partition coefficient (Wildman–Crippen LogP) is 4.60. The first kappa shape index (κ1) is 20.8. The van der Waals surface area contributed by atoms with Gasteiger partial charge in [-0.1, -0.05) is 52.8 Å². The van der Waals surface area contributed by atoms with Crippen molar-refractivity contribution in [1.29, 1.82) is 0 Å². The molecule has 0 atom stereocenters. The smallest absolute Gasteiger partial charge is 0.277 e. The average molecular weight is 436 g/mol. The zero-order valence-electron chi connectivity index (χ0n) is 17.2. The number of nitrogens with zero attached hydrogens (tertiary/aromatic N) is 4. The van der Waals surface area contributed by atoms with Crippen LogP contribution in [0.1, 0.15) is 29.3 Å². The molecule has 0 radical (unpaired) electrons. The second-order valence-corrected chi connectivity index (χ2v) is 7.92. The largest absolute Gasteiger partial charge is 0.411 e. The van der Waals surface area contributed by atoms with Crippen molar-refractivity contribution in [1.82, 2.24) is 20.3 Å². The van der Waals surface area contributed by atoms with Crippen molar-refractivity contribution in [2.24, 2.45) is 0 Å². The van der Waals surface area contributed by atoms with Crippen molar-refractivity contribution in [2.45, 2.75) is 37.7 Å². The Labute approximate surface area is 183 Å². The normalized spacial score (nSPS) is 10.9. The number of hydrogen-bond donors (Lipinski definition) is 1. The maximum atomic E-state index is 12.1. The maximum absolute atomic E-state index is 12.1. The summed E-state index contributed by atoms with van der Waals surface area (Å²) in [5.74, 6) is 1.73. The molecule has 2 aromatic carbocycles. The Morgan fingerprint density at radius 2 is 1.87 bits per heavy atom. The third kappa shape index (κ3) is 5.58. The highest BCUT2D eigenvalue weighted by molar-refractivity contribution is 7.98. The molecule has 31 heavy (non-hydrogen) atoms. The SMILES string of the molecule is Cc1ccc(NC(=O)CCc2nc(CSc3nnc(-c4ccccc4C)o3)no2)cc1. The van der Waals surface area contributed by atoms with Crippen LogP contribution in [-0.2, 0) is 17.0 Å². The van der Waals surface area contributed by atoms with E-state index in [0.717, 1.165) is 22.4 Å². The summed E-state index contributed by atoms with van der Waals surface area (Å²) >= 11 is 1.33. The third-order valence-corrected chi connectivity index (χ3v) is 5.33. The van der Waals surface area contributed by atoms with Gasteiger partial charge in [0.15, 0.2) is 5.82 Å². The molecule has 2 aromatic heterocycles. The number of carbonyl (C=O) groups is 1. The van der Waals surface area contributed by atoms with Gasteiger partial charge in [0.25, 0.3) is 5.22 Å². The number of thioether (sulfide) groups is 1. The molecule has 0 aliphatic rings. The van der Waals surface area contributed by atoms with E-state index in [0.29, 0.717) is 35.0 Å². The first-order valence-corrected chi connectivity index (χ1v) is 10.8. The Kier molecular flexibility index (Phi) is 6.42. The minimum atomic E-state index is -0.104. The zero-order valence-corrected chi connectivity index (χ0v) is 18.0. The van der Waals surface area contributed by atoms with Crippen LogP contribution in [0.4, 0.5) is 5.69 Å². The number of nitrogens with one attached hydrogen (secondary N) is 1. The molecule has 2 heterocycles. The molecule has 1 amide bonds. The Hall–Kier alpha value is -3.46.